The normalized spacial score (nSPS) is 10.9. The van der Waals surface area contributed by atoms with Gasteiger partial charge in [-0.3, -0.25) is 4.79 Å². The summed E-state index contributed by atoms with van der Waals surface area (Å²) in [6.07, 6.45) is 0. The number of nitrogens with one attached hydrogen (secondary N) is 2. The first kappa shape index (κ1) is 17.2. The number of thiophene rings is 1. The number of para-hydroxylation sites is 2. The zero-order valence-electron chi connectivity index (χ0n) is 14.5. The van der Waals surface area contributed by atoms with Crippen molar-refractivity contribution >= 4 is 27.2 Å². The number of rotatable bonds is 5. The Bertz CT molecular complexity index is 1150. The Balaban J connectivity index is 1.65. The Kier molecular flexibility index (Phi) is 4.60. The second kappa shape index (κ2) is 7.20. The summed E-state index contributed by atoms with van der Waals surface area (Å²) in [5.74, 6) is 0.941. The van der Waals surface area contributed by atoms with E-state index in [0.717, 1.165) is 22.6 Å². The molecule has 0 aliphatic heterocycles. The van der Waals surface area contributed by atoms with Gasteiger partial charge in [0.15, 0.2) is 0 Å². The molecule has 0 aliphatic rings. The molecule has 0 radical (unpaired) electrons. The summed E-state index contributed by atoms with van der Waals surface area (Å²) < 4.78 is 18.5. The van der Waals surface area contributed by atoms with E-state index in [1.54, 1.807) is 19.2 Å². The Morgan fingerprint density at radius 3 is 2.74 bits per heavy atom. The summed E-state index contributed by atoms with van der Waals surface area (Å²) in [6, 6.07) is 13.6. The van der Waals surface area contributed by atoms with Crippen LogP contribution in [-0.4, -0.2) is 17.1 Å². The van der Waals surface area contributed by atoms with Gasteiger partial charge in [0.2, 0.25) is 0 Å². The van der Waals surface area contributed by atoms with Gasteiger partial charge in [0.25, 0.3) is 5.56 Å². The van der Waals surface area contributed by atoms with Crippen molar-refractivity contribution in [1.82, 2.24) is 9.97 Å². The minimum atomic E-state index is -0.310. The van der Waals surface area contributed by atoms with E-state index in [-0.39, 0.29) is 11.4 Å². The van der Waals surface area contributed by atoms with Crippen molar-refractivity contribution in [3.63, 3.8) is 0 Å². The summed E-state index contributed by atoms with van der Waals surface area (Å²) in [6.45, 7) is 0.356. The van der Waals surface area contributed by atoms with Crippen molar-refractivity contribution in [3.8, 4) is 16.9 Å². The third kappa shape index (κ3) is 3.41. The molecule has 0 saturated heterocycles. The summed E-state index contributed by atoms with van der Waals surface area (Å²) in [5, 5.41) is 5.62. The molecule has 7 heteroatoms. The first-order valence-electron chi connectivity index (χ1n) is 8.29. The molecule has 0 bridgehead atoms. The largest absolute Gasteiger partial charge is 0.495 e. The van der Waals surface area contributed by atoms with Gasteiger partial charge in [-0.05, 0) is 29.8 Å². The Morgan fingerprint density at radius 1 is 1.19 bits per heavy atom. The van der Waals surface area contributed by atoms with Gasteiger partial charge in [-0.2, -0.15) is 0 Å². The fourth-order valence-corrected chi connectivity index (χ4v) is 3.86. The van der Waals surface area contributed by atoms with Gasteiger partial charge in [0.1, 0.15) is 22.2 Å². The first-order chi connectivity index (χ1) is 13.2. The van der Waals surface area contributed by atoms with Crippen LogP contribution < -0.4 is 15.6 Å². The molecule has 2 aromatic heterocycles. The lowest BCUT2D eigenvalue weighted by Gasteiger charge is -2.10. The molecular formula is C20H16FN3O2S. The number of anilines is 1. The monoisotopic (exact) mass is 381 g/mol. The molecule has 4 aromatic rings. The van der Waals surface area contributed by atoms with Gasteiger partial charge in [-0.1, -0.05) is 24.3 Å². The number of halogens is 1. The van der Waals surface area contributed by atoms with Crippen LogP contribution in [0.15, 0.2) is 58.7 Å². The highest BCUT2D eigenvalue weighted by atomic mass is 32.1. The van der Waals surface area contributed by atoms with Crippen molar-refractivity contribution in [2.75, 3.05) is 12.4 Å². The van der Waals surface area contributed by atoms with Gasteiger partial charge >= 0.3 is 0 Å². The molecule has 136 valence electrons. The Morgan fingerprint density at radius 2 is 1.96 bits per heavy atom. The molecule has 0 fully saturated rings. The average molecular weight is 381 g/mol. The highest BCUT2D eigenvalue weighted by Crippen LogP contribution is 2.31. The van der Waals surface area contributed by atoms with Crippen molar-refractivity contribution < 1.29 is 9.13 Å². The maximum atomic E-state index is 13.2. The molecule has 5 nitrogen and oxygen atoms in total. The highest BCUT2D eigenvalue weighted by Gasteiger charge is 2.13. The molecule has 2 aromatic carbocycles. The zero-order chi connectivity index (χ0) is 18.8. The molecule has 4 rings (SSSR count). The lowest BCUT2D eigenvalue weighted by atomic mass is 10.1. The van der Waals surface area contributed by atoms with Crippen molar-refractivity contribution in [3.05, 3.63) is 75.9 Å². The molecule has 27 heavy (non-hydrogen) atoms. The fraction of sp³-hybridized carbons (Fsp3) is 0.100. The lowest BCUT2D eigenvalue weighted by molar-refractivity contribution is 0.416. The first-order valence-corrected chi connectivity index (χ1v) is 9.17. The minimum absolute atomic E-state index is 0.211. The van der Waals surface area contributed by atoms with Gasteiger partial charge in [-0.25, -0.2) is 9.37 Å². The number of ether oxygens (including phenoxy) is 1. The van der Waals surface area contributed by atoms with E-state index in [1.807, 2.05) is 29.6 Å². The molecule has 0 unspecified atom stereocenters. The van der Waals surface area contributed by atoms with Crippen LogP contribution in [0.25, 0.3) is 21.3 Å². The number of hydrogen-bond donors (Lipinski definition) is 2. The molecule has 0 atom stereocenters. The van der Waals surface area contributed by atoms with E-state index in [4.69, 9.17) is 4.74 Å². The number of hydrogen-bond acceptors (Lipinski definition) is 5. The van der Waals surface area contributed by atoms with Crippen LogP contribution in [0.4, 0.5) is 10.1 Å². The highest BCUT2D eigenvalue weighted by molar-refractivity contribution is 7.17. The summed E-state index contributed by atoms with van der Waals surface area (Å²) in [7, 11) is 1.61. The van der Waals surface area contributed by atoms with Crippen LogP contribution in [0.1, 0.15) is 5.82 Å². The lowest BCUT2D eigenvalue weighted by Crippen LogP contribution is -2.14. The van der Waals surface area contributed by atoms with E-state index >= 15 is 0 Å². The SMILES string of the molecule is COc1ccccc1NCc1nc2scc(-c3ccc(F)cc3)c2c(=O)[nH]1. The van der Waals surface area contributed by atoms with Gasteiger partial charge in [-0.15, -0.1) is 11.3 Å². The topological polar surface area (TPSA) is 67.0 Å². The van der Waals surface area contributed by atoms with Crippen LogP contribution >= 0.6 is 11.3 Å². The molecule has 2 N–H and O–H groups in total. The molecule has 0 aliphatic carbocycles. The van der Waals surface area contributed by atoms with Crippen LogP contribution in [0.3, 0.4) is 0 Å². The average Bonchev–Trinajstić information content (AvgIpc) is 3.12. The standard InChI is InChI=1S/C20H16FN3O2S/c1-26-16-5-3-2-4-15(16)22-10-17-23-19(25)18-14(11-27-20(18)24-17)12-6-8-13(21)9-7-12/h2-9,11,22H,10H2,1H3,(H,23,24,25). The van der Waals surface area contributed by atoms with Gasteiger partial charge in [0.05, 0.1) is 24.7 Å². The molecule has 0 amide bonds. The van der Waals surface area contributed by atoms with Crippen molar-refractivity contribution in [1.29, 1.82) is 0 Å². The van der Waals surface area contributed by atoms with E-state index < -0.39 is 0 Å². The van der Waals surface area contributed by atoms with Crippen LogP contribution in [0, 0.1) is 5.82 Å². The minimum Gasteiger partial charge on any atom is -0.495 e. The smallest absolute Gasteiger partial charge is 0.260 e. The number of aromatic nitrogens is 2. The third-order valence-corrected chi connectivity index (χ3v) is 5.07. The van der Waals surface area contributed by atoms with Gasteiger partial charge in [0, 0.05) is 10.9 Å². The molecule has 0 saturated carbocycles. The summed E-state index contributed by atoms with van der Waals surface area (Å²) >= 11 is 1.39. The molecular weight excluding hydrogens is 365 g/mol. The number of nitrogens with zero attached hydrogens (tertiary/aromatic N) is 1. The third-order valence-electron chi connectivity index (χ3n) is 4.20. The van der Waals surface area contributed by atoms with Crippen molar-refractivity contribution in [2.45, 2.75) is 6.54 Å². The van der Waals surface area contributed by atoms with E-state index in [1.165, 1.54) is 23.5 Å². The number of H-pyrrole nitrogens is 1. The van der Waals surface area contributed by atoms with Crippen molar-refractivity contribution in [2.24, 2.45) is 0 Å². The predicted octanol–water partition coefficient (Wildman–Crippen LogP) is 4.41. The predicted molar refractivity (Wildman–Crippen MR) is 106 cm³/mol. The second-order valence-corrected chi connectivity index (χ2v) is 6.76. The van der Waals surface area contributed by atoms with Crippen LogP contribution in [0.5, 0.6) is 5.75 Å². The van der Waals surface area contributed by atoms with E-state index in [2.05, 4.69) is 15.3 Å². The van der Waals surface area contributed by atoms with E-state index in [0.29, 0.717) is 22.6 Å². The Labute approximate surface area is 158 Å². The Hall–Kier alpha value is -3.19. The maximum absolute atomic E-state index is 13.2. The maximum Gasteiger partial charge on any atom is 0.260 e. The quantitative estimate of drug-likeness (QED) is 0.537. The summed E-state index contributed by atoms with van der Waals surface area (Å²) in [4.78, 5) is 20.7. The van der Waals surface area contributed by atoms with Gasteiger partial charge < -0.3 is 15.0 Å². The molecule has 0 spiro atoms. The number of aromatic amines is 1. The zero-order valence-corrected chi connectivity index (χ0v) is 15.3. The summed E-state index contributed by atoms with van der Waals surface area (Å²) in [5.41, 5.74) is 2.15. The number of fused-ring (bicyclic) bond motifs is 1. The fourth-order valence-electron chi connectivity index (χ4n) is 2.89. The van der Waals surface area contributed by atoms with Crippen LogP contribution in [0.2, 0.25) is 0 Å². The van der Waals surface area contributed by atoms with E-state index in [9.17, 15) is 9.18 Å². The van der Waals surface area contributed by atoms with Crippen LogP contribution in [-0.2, 0) is 6.54 Å². The number of methoxy groups -OCH3 is 1. The molecule has 2 heterocycles. The second-order valence-electron chi connectivity index (χ2n) is 5.90. The number of benzene rings is 2.